The highest BCUT2D eigenvalue weighted by molar-refractivity contribution is 7.14. The van der Waals surface area contributed by atoms with Crippen LogP contribution in [0.4, 0.5) is 9.93 Å². The van der Waals surface area contributed by atoms with Crippen LogP contribution < -0.4 is 15.8 Å². The number of carbonyl (C=O) groups excluding carboxylic acids is 3. The van der Waals surface area contributed by atoms with Crippen LogP contribution in [0.15, 0.2) is 29.8 Å². The van der Waals surface area contributed by atoms with E-state index in [1.807, 2.05) is 13.8 Å². The maximum atomic E-state index is 13.0. The highest BCUT2D eigenvalue weighted by Crippen LogP contribution is 2.38. The number of ether oxygens (including phenoxy) is 1. The molecule has 0 spiro atoms. The minimum Gasteiger partial charge on any atom is -0.443 e. The number of amides is 3. The van der Waals surface area contributed by atoms with Crippen LogP contribution in [0.25, 0.3) is 0 Å². The van der Waals surface area contributed by atoms with Crippen LogP contribution in [0.1, 0.15) is 62.1 Å². The smallest absolute Gasteiger partial charge is 0.410 e. The fourth-order valence-electron chi connectivity index (χ4n) is 3.85. The number of nitrogens with zero attached hydrogens (tertiary/aromatic N) is 4. The molecule has 0 unspecified atom stereocenters. The van der Waals surface area contributed by atoms with Crippen molar-refractivity contribution in [3.05, 3.63) is 41.2 Å². The van der Waals surface area contributed by atoms with Crippen LogP contribution >= 0.6 is 11.3 Å². The van der Waals surface area contributed by atoms with Gasteiger partial charge in [-0.1, -0.05) is 19.9 Å². The summed E-state index contributed by atoms with van der Waals surface area (Å²) in [7, 11) is 1.51. The van der Waals surface area contributed by atoms with Gasteiger partial charge in [0, 0.05) is 31.2 Å². The van der Waals surface area contributed by atoms with E-state index in [4.69, 9.17) is 4.74 Å². The molecule has 2 aromatic rings. The van der Waals surface area contributed by atoms with Gasteiger partial charge in [0.25, 0.3) is 11.8 Å². The van der Waals surface area contributed by atoms with Crippen LogP contribution in [0, 0.1) is 11.8 Å². The zero-order chi connectivity index (χ0) is 25.7. The highest BCUT2D eigenvalue weighted by Gasteiger charge is 2.35. The first-order chi connectivity index (χ1) is 17.3. The van der Waals surface area contributed by atoms with E-state index in [1.165, 1.54) is 49.0 Å². The van der Waals surface area contributed by atoms with Gasteiger partial charge < -0.3 is 9.64 Å². The van der Waals surface area contributed by atoms with Gasteiger partial charge >= 0.3 is 6.09 Å². The van der Waals surface area contributed by atoms with Crippen molar-refractivity contribution in [2.75, 3.05) is 18.5 Å². The summed E-state index contributed by atoms with van der Waals surface area (Å²) < 4.78 is 5.32. The molecule has 1 atom stereocenters. The zero-order valence-electron chi connectivity index (χ0n) is 21.0. The van der Waals surface area contributed by atoms with Gasteiger partial charge in [-0.25, -0.2) is 9.78 Å². The van der Waals surface area contributed by atoms with Crippen molar-refractivity contribution >= 4 is 34.4 Å². The summed E-state index contributed by atoms with van der Waals surface area (Å²) in [4.78, 5) is 50.5. The number of anilines is 1. The van der Waals surface area contributed by atoms with Crippen molar-refractivity contribution in [2.24, 2.45) is 11.8 Å². The summed E-state index contributed by atoms with van der Waals surface area (Å²) in [6.45, 7) is 4.91. The number of hydrogen-bond donors (Lipinski definition) is 2. The van der Waals surface area contributed by atoms with Gasteiger partial charge in [0.05, 0.1) is 5.69 Å². The van der Waals surface area contributed by atoms with Gasteiger partial charge in [-0.05, 0) is 56.1 Å². The molecule has 0 aliphatic heterocycles. The predicted molar refractivity (Wildman–Crippen MR) is 136 cm³/mol. The Bertz CT molecular complexity index is 1050. The van der Waals surface area contributed by atoms with Gasteiger partial charge in [-0.15, -0.1) is 11.3 Å². The Hall–Kier alpha value is -3.21. The predicted octanol–water partition coefficient (Wildman–Crippen LogP) is 3.36. The van der Waals surface area contributed by atoms with Crippen LogP contribution in [0.3, 0.4) is 0 Å². The third-order valence-electron chi connectivity index (χ3n) is 6.23. The number of aromatic nitrogens is 2. The molecule has 2 fully saturated rings. The topological polar surface area (TPSA) is 117 Å². The van der Waals surface area contributed by atoms with Crippen LogP contribution in [0.2, 0.25) is 0 Å². The zero-order valence-corrected chi connectivity index (χ0v) is 21.8. The van der Waals surface area contributed by atoms with Crippen molar-refractivity contribution in [2.45, 2.75) is 64.6 Å². The van der Waals surface area contributed by atoms with E-state index in [0.29, 0.717) is 18.2 Å². The van der Waals surface area contributed by atoms with E-state index in [1.54, 1.807) is 29.8 Å². The lowest BCUT2D eigenvalue weighted by Gasteiger charge is -2.27. The monoisotopic (exact) mass is 514 g/mol. The molecular formula is C25H34N6O4S. The van der Waals surface area contributed by atoms with Crippen LogP contribution in [-0.4, -0.2) is 58.5 Å². The average Bonchev–Trinajstić information content (AvgIpc) is 3.81. The molecule has 36 heavy (non-hydrogen) atoms. The number of hydrazine groups is 1. The van der Waals surface area contributed by atoms with Crippen LogP contribution in [0.5, 0.6) is 0 Å². The molecule has 11 heteroatoms. The molecule has 194 valence electrons. The van der Waals surface area contributed by atoms with E-state index in [-0.39, 0.29) is 18.2 Å². The lowest BCUT2D eigenvalue weighted by atomic mass is 10.0. The minimum atomic E-state index is -0.823. The second-order valence-electron chi connectivity index (χ2n) is 9.92. The largest absolute Gasteiger partial charge is 0.443 e. The molecule has 10 nitrogen and oxygen atoms in total. The summed E-state index contributed by atoms with van der Waals surface area (Å²) in [5.74, 6) is -0.130. The third kappa shape index (κ3) is 7.16. The van der Waals surface area contributed by atoms with Crippen molar-refractivity contribution in [1.29, 1.82) is 0 Å². The van der Waals surface area contributed by atoms with Crippen molar-refractivity contribution < 1.29 is 19.1 Å². The normalized spacial score (nSPS) is 15.8. The second kappa shape index (κ2) is 11.7. The lowest BCUT2D eigenvalue weighted by Crippen LogP contribution is -2.53. The van der Waals surface area contributed by atoms with E-state index < -0.39 is 23.9 Å². The Labute approximate surface area is 215 Å². The Balaban J connectivity index is 1.31. The van der Waals surface area contributed by atoms with Gasteiger partial charge in [0.15, 0.2) is 5.13 Å². The SMILES string of the molecule is CC(C)C[C@@H](C(=O)NNC(=O)c1csc(N(CC2CC2)C2CC2)n1)N(C)C(=O)OCc1ccccn1. The molecule has 0 bridgehead atoms. The molecule has 0 aromatic carbocycles. The van der Waals surface area contributed by atoms with E-state index in [0.717, 1.165) is 17.6 Å². The summed E-state index contributed by atoms with van der Waals surface area (Å²) in [6, 6.07) is 5.03. The maximum Gasteiger partial charge on any atom is 0.410 e. The molecule has 2 aromatic heterocycles. The molecule has 2 aliphatic carbocycles. The quantitative estimate of drug-likeness (QED) is 0.442. The summed E-state index contributed by atoms with van der Waals surface area (Å²) in [6.07, 6.45) is 6.22. The number of thiazole rings is 1. The molecule has 2 aliphatic rings. The molecule has 0 saturated heterocycles. The number of nitrogens with one attached hydrogen (secondary N) is 2. The minimum absolute atomic E-state index is 0.00154. The lowest BCUT2D eigenvalue weighted by molar-refractivity contribution is -0.127. The molecule has 0 radical (unpaired) electrons. The Kier molecular flexibility index (Phi) is 8.40. The summed E-state index contributed by atoms with van der Waals surface area (Å²) in [5, 5.41) is 2.57. The molecule has 3 amide bonds. The van der Waals surface area contributed by atoms with Gasteiger partial charge in [0.1, 0.15) is 18.3 Å². The Morgan fingerprint density at radius 1 is 1.17 bits per heavy atom. The molecule has 2 saturated carbocycles. The first kappa shape index (κ1) is 25.9. The van der Waals surface area contributed by atoms with Gasteiger partial charge in [0.2, 0.25) is 0 Å². The van der Waals surface area contributed by atoms with E-state index >= 15 is 0 Å². The molecule has 2 heterocycles. The number of rotatable bonds is 11. The third-order valence-corrected chi connectivity index (χ3v) is 7.11. The number of pyridine rings is 1. The van der Waals surface area contributed by atoms with Gasteiger partial charge in [-0.3, -0.25) is 30.3 Å². The summed E-state index contributed by atoms with van der Waals surface area (Å²) >= 11 is 1.45. The first-order valence-corrected chi connectivity index (χ1v) is 13.3. The number of hydrogen-bond acceptors (Lipinski definition) is 8. The van der Waals surface area contributed by atoms with E-state index in [9.17, 15) is 14.4 Å². The Morgan fingerprint density at radius 2 is 1.94 bits per heavy atom. The van der Waals surface area contributed by atoms with E-state index in [2.05, 4.69) is 25.7 Å². The number of likely N-dealkylation sites (N-methyl/N-ethyl adjacent to an activating group) is 1. The Morgan fingerprint density at radius 3 is 2.58 bits per heavy atom. The molecule has 4 rings (SSSR count). The van der Waals surface area contributed by atoms with Crippen molar-refractivity contribution in [1.82, 2.24) is 25.7 Å². The van der Waals surface area contributed by atoms with Gasteiger partial charge in [-0.2, -0.15) is 0 Å². The maximum absolute atomic E-state index is 13.0. The second-order valence-corrected chi connectivity index (χ2v) is 10.8. The highest BCUT2D eigenvalue weighted by atomic mass is 32.1. The average molecular weight is 515 g/mol. The fraction of sp³-hybridized carbons (Fsp3) is 0.560. The standard InChI is InChI=1S/C25H34N6O4S/c1-16(2)12-21(30(3)25(34)35-14-18-6-4-5-11-26-18)23(33)29-28-22(32)20-15-36-24(27-20)31(19-9-10-19)13-17-7-8-17/h4-6,11,15-17,19,21H,7-10,12-14H2,1-3H3,(H,28,32)(H,29,33)/t21-/m0/s1. The fourth-order valence-corrected chi connectivity index (χ4v) is 4.74. The first-order valence-electron chi connectivity index (χ1n) is 12.4. The van der Waals surface area contributed by atoms with Crippen molar-refractivity contribution in [3.63, 3.8) is 0 Å². The van der Waals surface area contributed by atoms with Crippen LogP contribution in [-0.2, 0) is 16.1 Å². The summed E-state index contributed by atoms with van der Waals surface area (Å²) in [5.41, 5.74) is 5.79. The number of carbonyl (C=O) groups is 3. The molecular weight excluding hydrogens is 480 g/mol. The van der Waals surface area contributed by atoms with Crippen molar-refractivity contribution in [3.8, 4) is 0 Å². The molecule has 2 N–H and O–H groups in total.